The molecule has 162 valence electrons. The second kappa shape index (κ2) is 12.1. The molecule has 0 aliphatic carbocycles. The topological polar surface area (TPSA) is 83.8 Å². The number of carbonyl (C=O) groups excluding carboxylic acids is 1. The zero-order chi connectivity index (χ0) is 20.6. The van der Waals surface area contributed by atoms with Gasteiger partial charge in [-0.05, 0) is 33.1 Å². The number of aliphatic imine (C=N–C) groups is 1. The lowest BCUT2D eigenvalue weighted by Crippen LogP contribution is -2.45. The number of rotatable bonds is 7. The zero-order valence-electron chi connectivity index (χ0n) is 18.4. The molecule has 9 heteroatoms. The molecule has 28 heavy (non-hydrogen) atoms. The van der Waals surface area contributed by atoms with E-state index in [1.165, 1.54) is 0 Å². The molecule has 1 amide bonds. The van der Waals surface area contributed by atoms with E-state index in [0.29, 0.717) is 12.5 Å². The van der Waals surface area contributed by atoms with Gasteiger partial charge >= 0.3 is 6.09 Å². The maximum Gasteiger partial charge on any atom is 0.407 e. The number of alkyl carbamates (subject to hydrolysis) is 1. The van der Waals surface area contributed by atoms with E-state index in [4.69, 9.17) is 4.74 Å². The second-order valence-corrected chi connectivity index (χ2v) is 8.13. The van der Waals surface area contributed by atoms with Gasteiger partial charge in [-0.15, -0.1) is 24.0 Å². The number of hydrogen-bond donors (Lipinski definition) is 2. The van der Waals surface area contributed by atoms with E-state index in [2.05, 4.69) is 39.5 Å². The van der Waals surface area contributed by atoms with Crippen molar-refractivity contribution in [3.05, 3.63) is 18.0 Å². The quantitative estimate of drug-likeness (QED) is 0.336. The highest BCUT2D eigenvalue weighted by molar-refractivity contribution is 14.0. The van der Waals surface area contributed by atoms with Crippen LogP contribution in [0.25, 0.3) is 0 Å². The first-order chi connectivity index (χ1) is 12.5. The average Bonchev–Trinajstić information content (AvgIpc) is 2.95. The summed E-state index contributed by atoms with van der Waals surface area (Å²) in [6, 6.07) is 0.0266. The van der Waals surface area contributed by atoms with Gasteiger partial charge in [0.15, 0.2) is 5.96 Å². The third-order valence-electron chi connectivity index (χ3n) is 4.06. The first-order valence-electron chi connectivity index (χ1n) is 9.40. The highest BCUT2D eigenvalue weighted by Crippen LogP contribution is 2.11. The van der Waals surface area contributed by atoms with Crippen LogP contribution in [0, 0.1) is 5.92 Å². The minimum atomic E-state index is -0.499. The van der Waals surface area contributed by atoms with Gasteiger partial charge in [-0.2, -0.15) is 5.10 Å². The third-order valence-corrected chi connectivity index (χ3v) is 4.06. The van der Waals surface area contributed by atoms with Gasteiger partial charge in [-0.3, -0.25) is 9.67 Å². The fourth-order valence-electron chi connectivity index (χ4n) is 2.60. The Morgan fingerprint density at radius 1 is 1.39 bits per heavy atom. The molecule has 1 heterocycles. The minimum absolute atomic E-state index is 0. The molecule has 0 spiro atoms. The summed E-state index contributed by atoms with van der Waals surface area (Å²) in [5.41, 5.74) is 0.597. The monoisotopic (exact) mass is 508 g/mol. The molecule has 0 fully saturated rings. The van der Waals surface area contributed by atoms with E-state index in [1.54, 1.807) is 11.7 Å². The van der Waals surface area contributed by atoms with E-state index in [9.17, 15) is 4.79 Å². The van der Waals surface area contributed by atoms with Crippen LogP contribution in [-0.4, -0.2) is 59.0 Å². The summed E-state index contributed by atoms with van der Waals surface area (Å²) in [5, 5.41) is 10.5. The van der Waals surface area contributed by atoms with Crippen LogP contribution in [0.4, 0.5) is 4.79 Å². The maximum absolute atomic E-state index is 12.1. The van der Waals surface area contributed by atoms with Gasteiger partial charge in [0.25, 0.3) is 0 Å². The summed E-state index contributed by atoms with van der Waals surface area (Å²) in [6.07, 6.45) is 4.23. The molecule has 0 saturated heterocycles. The van der Waals surface area contributed by atoms with E-state index < -0.39 is 5.60 Å². The van der Waals surface area contributed by atoms with Crippen molar-refractivity contribution in [2.45, 2.75) is 59.2 Å². The summed E-state index contributed by atoms with van der Waals surface area (Å²) < 4.78 is 7.15. The van der Waals surface area contributed by atoms with Crippen molar-refractivity contribution < 1.29 is 9.53 Å². The van der Waals surface area contributed by atoms with Crippen LogP contribution >= 0.6 is 24.0 Å². The lowest BCUT2D eigenvalue weighted by Gasteiger charge is -2.28. The van der Waals surface area contributed by atoms with Crippen molar-refractivity contribution >= 4 is 36.0 Å². The number of nitrogens with one attached hydrogen (secondary N) is 2. The van der Waals surface area contributed by atoms with E-state index in [-0.39, 0.29) is 36.1 Å². The Balaban J connectivity index is 0.00000729. The molecule has 1 atom stereocenters. The van der Waals surface area contributed by atoms with E-state index >= 15 is 0 Å². The Labute approximate surface area is 186 Å². The third kappa shape index (κ3) is 10.1. The van der Waals surface area contributed by atoms with Gasteiger partial charge in [0.05, 0.1) is 6.20 Å². The van der Waals surface area contributed by atoms with Gasteiger partial charge in [0.1, 0.15) is 5.60 Å². The molecule has 0 radical (unpaired) electrons. The number of ether oxygens (including phenoxy) is 1. The first-order valence-corrected chi connectivity index (χ1v) is 9.40. The van der Waals surface area contributed by atoms with Crippen molar-refractivity contribution in [3.8, 4) is 0 Å². The van der Waals surface area contributed by atoms with Crippen molar-refractivity contribution in [3.63, 3.8) is 0 Å². The molecule has 1 aromatic heterocycles. The standard InChI is InChI=1S/C19H36N6O2.HI/c1-14(2)16(23-18(26)27-19(3,4)5)9-10-24(7)17(20-6)21-11-15-12-22-25(8)13-15;/h12-14,16H,9-11H2,1-8H3,(H,20,21)(H,23,26);1H. The minimum Gasteiger partial charge on any atom is -0.444 e. The van der Waals surface area contributed by atoms with Crippen LogP contribution in [0.5, 0.6) is 0 Å². The van der Waals surface area contributed by atoms with Crippen molar-refractivity contribution in [1.29, 1.82) is 0 Å². The molecule has 0 aliphatic heterocycles. The summed E-state index contributed by atoms with van der Waals surface area (Å²) in [5.74, 6) is 1.11. The predicted octanol–water partition coefficient (Wildman–Crippen LogP) is 2.98. The fourth-order valence-corrected chi connectivity index (χ4v) is 2.60. The number of guanidine groups is 1. The number of carbonyl (C=O) groups is 1. The number of aryl methyl sites for hydroxylation is 1. The van der Waals surface area contributed by atoms with Gasteiger partial charge < -0.3 is 20.3 Å². The second-order valence-electron chi connectivity index (χ2n) is 8.13. The first kappa shape index (κ1) is 26.5. The maximum atomic E-state index is 12.1. The number of hydrogen-bond acceptors (Lipinski definition) is 4. The van der Waals surface area contributed by atoms with Crippen LogP contribution in [0.1, 0.15) is 46.6 Å². The molecule has 1 unspecified atom stereocenters. The van der Waals surface area contributed by atoms with Crippen LogP contribution in [0.3, 0.4) is 0 Å². The summed E-state index contributed by atoms with van der Waals surface area (Å²) >= 11 is 0. The van der Waals surface area contributed by atoms with Crippen molar-refractivity contribution in [2.75, 3.05) is 20.6 Å². The van der Waals surface area contributed by atoms with Crippen LogP contribution in [0.2, 0.25) is 0 Å². The van der Waals surface area contributed by atoms with Crippen LogP contribution < -0.4 is 10.6 Å². The number of amides is 1. The Morgan fingerprint density at radius 3 is 2.50 bits per heavy atom. The largest absolute Gasteiger partial charge is 0.444 e. The molecule has 0 bridgehead atoms. The predicted molar refractivity (Wildman–Crippen MR) is 124 cm³/mol. The molecular weight excluding hydrogens is 471 g/mol. The lowest BCUT2D eigenvalue weighted by molar-refractivity contribution is 0.0486. The average molecular weight is 508 g/mol. The molecule has 8 nitrogen and oxygen atoms in total. The molecule has 2 N–H and O–H groups in total. The molecule has 0 aliphatic rings. The number of halogens is 1. The molecule has 1 aromatic rings. The SMILES string of the molecule is CN=C(NCc1cnn(C)c1)N(C)CCC(NC(=O)OC(C)(C)C)C(C)C.I. The smallest absolute Gasteiger partial charge is 0.407 e. The summed E-state index contributed by atoms with van der Waals surface area (Å²) in [6.45, 7) is 11.2. The molecule has 1 rings (SSSR count). The van der Waals surface area contributed by atoms with Crippen LogP contribution in [0.15, 0.2) is 17.4 Å². The van der Waals surface area contributed by atoms with Gasteiger partial charge in [-0.1, -0.05) is 13.8 Å². The Hall–Kier alpha value is -1.52. The highest BCUT2D eigenvalue weighted by atomic mass is 127. The lowest BCUT2D eigenvalue weighted by atomic mass is 10.0. The molecular formula is C19H37IN6O2. The Morgan fingerprint density at radius 2 is 2.04 bits per heavy atom. The van der Waals surface area contributed by atoms with Crippen LogP contribution in [-0.2, 0) is 18.3 Å². The van der Waals surface area contributed by atoms with E-state index in [0.717, 1.165) is 24.5 Å². The normalized spacial score (nSPS) is 13.0. The van der Waals surface area contributed by atoms with Gasteiger partial charge in [0.2, 0.25) is 0 Å². The van der Waals surface area contributed by atoms with Crippen molar-refractivity contribution in [1.82, 2.24) is 25.3 Å². The Kier molecular flexibility index (Phi) is 11.5. The number of aromatic nitrogens is 2. The zero-order valence-corrected chi connectivity index (χ0v) is 20.8. The number of nitrogens with zero attached hydrogens (tertiary/aromatic N) is 4. The van der Waals surface area contributed by atoms with Gasteiger partial charge in [0, 0.05) is 52.0 Å². The highest BCUT2D eigenvalue weighted by Gasteiger charge is 2.22. The van der Waals surface area contributed by atoms with E-state index in [1.807, 2.05) is 47.3 Å². The summed E-state index contributed by atoms with van der Waals surface area (Å²) in [4.78, 5) is 18.5. The van der Waals surface area contributed by atoms with Gasteiger partial charge in [-0.25, -0.2) is 4.79 Å². The fraction of sp³-hybridized carbons (Fsp3) is 0.737. The van der Waals surface area contributed by atoms with Crippen molar-refractivity contribution in [2.24, 2.45) is 18.0 Å². The molecule has 0 aromatic carbocycles. The summed E-state index contributed by atoms with van der Waals surface area (Å²) in [7, 11) is 5.65. The molecule has 0 saturated carbocycles. The Bertz CT molecular complexity index is 624.